The number of nitrogens with zero attached hydrogens (tertiary/aromatic N) is 5. The predicted molar refractivity (Wildman–Crippen MR) is 129 cm³/mol. The topological polar surface area (TPSA) is 66.3 Å². The lowest BCUT2D eigenvalue weighted by Crippen LogP contribution is -2.47. The van der Waals surface area contributed by atoms with Crippen LogP contribution in [-0.2, 0) is 0 Å². The predicted octanol–water partition coefficient (Wildman–Crippen LogP) is 3.25. The Hall–Kier alpha value is -3.03. The second-order valence-electron chi connectivity index (χ2n) is 9.18. The molecule has 172 valence electrons. The Balaban J connectivity index is 1.20. The van der Waals surface area contributed by atoms with Crippen molar-refractivity contribution in [2.75, 3.05) is 39.8 Å². The quantitative estimate of drug-likeness (QED) is 0.541. The van der Waals surface area contributed by atoms with Gasteiger partial charge < -0.3 is 10.2 Å². The van der Waals surface area contributed by atoms with Gasteiger partial charge in [0.2, 0.25) is 0 Å². The van der Waals surface area contributed by atoms with Gasteiger partial charge in [0.1, 0.15) is 0 Å². The van der Waals surface area contributed by atoms with Crippen molar-refractivity contribution in [3.8, 4) is 5.69 Å². The number of para-hydroxylation sites is 1. The fourth-order valence-electron chi connectivity index (χ4n) is 4.72. The minimum Gasteiger partial charge on any atom is -0.351 e. The highest BCUT2D eigenvalue weighted by Crippen LogP contribution is 2.41. The molecule has 1 atom stereocenters. The van der Waals surface area contributed by atoms with Crippen molar-refractivity contribution in [2.45, 2.75) is 31.2 Å². The molecule has 0 bridgehead atoms. The second kappa shape index (κ2) is 9.85. The molecule has 1 aromatic heterocycles. The van der Waals surface area contributed by atoms with Gasteiger partial charge in [-0.3, -0.25) is 9.69 Å². The first-order chi connectivity index (χ1) is 16.2. The van der Waals surface area contributed by atoms with Crippen LogP contribution in [0.4, 0.5) is 0 Å². The first kappa shape index (κ1) is 21.8. The summed E-state index contributed by atoms with van der Waals surface area (Å²) < 4.78 is 1.83. The van der Waals surface area contributed by atoms with Gasteiger partial charge in [-0.25, -0.2) is 4.68 Å². The zero-order valence-corrected chi connectivity index (χ0v) is 19.2. The summed E-state index contributed by atoms with van der Waals surface area (Å²) in [6.07, 6.45) is 3.08. The van der Waals surface area contributed by atoms with Gasteiger partial charge in [-0.1, -0.05) is 53.7 Å². The zero-order chi connectivity index (χ0) is 22.6. The Morgan fingerprint density at radius 3 is 2.48 bits per heavy atom. The molecule has 7 heteroatoms. The maximum absolute atomic E-state index is 13.0. The Morgan fingerprint density at radius 2 is 1.76 bits per heavy atom. The van der Waals surface area contributed by atoms with E-state index in [4.69, 9.17) is 0 Å². The maximum atomic E-state index is 13.0. The number of benzene rings is 2. The van der Waals surface area contributed by atoms with E-state index in [1.165, 1.54) is 5.56 Å². The normalized spacial score (nSPS) is 19.5. The Kier molecular flexibility index (Phi) is 6.51. The maximum Gasteiger partial charge on any atom is 0.273 e. The molecule has 33 heavy (non-hydrogen) atoms. The van der Waals surface area contributed by atoms with Crippen molar-refractivity contribution in [3.63, 3.8) is 0 Å². The van der Waals surface area contributed by atoms with Crippen molar-refractivity contribution in [3.05, 3.63) is 77.6 Å². The minimum atomic E-state index is -0.114. The third-order valence-electron chi connectivity index (χ3n) is 6.67. The minimum absolute atomic E-state index is 0.114. The number of likely N-dealkylation sites (N-methyl/N-ethyl adjacent to an activating group) is 1. The summed E-state index contributed by atoms with van der Waals surface area (Å²) in [5, 5.41) is 11.7. The van der Waals surface area contributed by atoms with Gasteiger partial charge in [0.05, 0.1) is 11.4 Å². The van der Waals surface area contributed by atoms with E-state index in [0.717, 1.165) is 56.8 Å². The first-order valence-electron chi connectivity index (χ1n) is 12.0. The Morgan fingerprint density at radius 1 is 1.03 bits per heavy atom. The molecule has 2 aromatic carbocycles. The number of amides is 1. The molecule has 0 radical (unpaired) electrons. The molecule has 1 unspecified atom stereocenters. The van der Waals surface area contributed by atoms with E-state index in [-0.39, 0.29) is 5.91 Å². The SMILES string of the molecule is CN1CCN(CCCNC(=O)c2nnn(-c3ccccc3)c2C2CC2)C(c2ccccc2)C1. The molecule has 1 N–H and O–H groups in total. The van der Waals surface area contributed by atoms with Crippen LogP contribution < -0.4 is 5.32 Å². The van der Waals surface area contributed by atoms with Crippen LogP contribution in [0, 0.1) is 0 Å². The van der Waals surface area contributed by atoms with E-state index < -0.39 is 0 Å². The van der Waals surface area contributed by atoms with Crippen LogP contribution in [0.2, 0.25) is 0 Å². The summed E-state index contributed by atoms with van der Waals surface area (Å²) >= 11 is 0. The summed E-state index contributed by atoms with van der Waals surface area (Å²) in [4.78, 5) is 17.9. The highest BCUT2D eigenvalue weighted by Gasteiger charge is 2.34. The van der Waals surface area contributed by atoms with E-state index >= 15 is 0 Å². The summed E-state index contributed by atoms with van der Waals surface area (Å²) in [5.74, 6) is 0.259. The number of carbonyl (C=O) groups excluding carboxylic acids is 1. The largest absolute Gasteiger partial charge is 0.351 e. The van der Waals surface area contributed by atoms with E-state index in [1.807, 2.05) is 35.0 Å². The van der Waals surface area contributed by atoms with E-state index in [1.54, 1.807) is 0 Å². The summed E-state index contributed by atoms with van der Waals surface area (Å²) in [6.45, 7) is 4.74. The van der Waals surface area contributed by atoms with Crippen molar-refractivity contribution in [2.24, 2.45) is 0 Å². The van der Waals surface area contributed by atoms with E-state index in [0.29, 0.717) is 24.2 Å². The number of aromatic nitrogens is 3. The molecule has 3 aromatic rings. The van der Waals surface area contributed by atoms with Gasteiger partial charge >= 0.3 is 0 Å². The lowest BCUT2D eigenvalue weighted by Gasteiger charge is -2.40. The van der Waals surface area contributed by atoms with Gasteiger partial charge in [0.15, 0.2) is 5.69 Å². The Bertz CT molecular complexity index is 1060. The van der Waals surface area contributed by atoms with E-state index in [9.17, 15) is 4.79 Å². The standard InChI is InChI=1S/C26H32N6O/c1-30-17-18-31(23(19-30)20-9-4-2-5-10-20)16-8-15-27-26(33)24-25(21-13-14-21)32(29-28-24)22-11-6-3-7-12-22/h2-7,9-12,21,23H,8,13-19H2,1H3,(H,27,33). The molecule has 7 nitrogen and oxygen atoms in total. The number of hydrogen-bond donors (Lipinski definition) is 1. The number of carbonyl (C=O) groups is 1. The van der Waals surface area contributed by atoms with Gasteiger partial charge in [0, 0.05) is 44.7 Å². The molecule has 1 aliphatic carbocycles. The van der Waals surface area contributed by atoms with Crippen LogP contribution in [0.5, 0.6) is 0 Å². The van der Waals surface area contributed by atoms with Gasteiger partial charge in [-0.15, -0.1) is 5.10 Å². The van der Waals surface area contributed by atoms with Crippen molar-refractivity contribution in [1.82, 2.24) is 30.1 Å². The molecule has 2 heterocycles. The second-order valence-corrected chi connectivity index (χ2v) is 9.18. The molecular weight excluding hydrogens is 412 g/mol. The van der Waals surface area contributed by atoms with Gasteiger partial charge in [0.25, 0.3) is 5.91 Å². The van der Waals surface area contributed by atoms with Crippen LogP contribution in [0.15, 0.2) is 60.7 Å². The molecular formula is C26H32N6O. The fourth-order valence-corrected chi connectivity index (χ4v) is 4.72. The van der Waals surface area contributed by atoms with Crippen molar-refractivity contribution in [1.29, 1.82) is 0 Å². The summed E-state index contributed by atoms with van der Waals surface area (Å²) in [6, 6.07) is 21.1. The molecule has 5 rings (SSSR count). The number of nitrogens with one attached hydrogen (secondary N) is 1. The third kappa shape index (κ3) is 4.99. The highest BCUT2D eigenvalue weighted by atomic mass is 16.2. The summed E-state index contributed by atoms with van der Waals surface area (Å²) in [5.41, 5.74) is 3.73. The Labute approximate surface area is 195 Å². The molecule has 2 aliphatic rings. The molecule has 0 spiro atoms. The third-order valence-corrected chi connectivity index (χ3v) is 6.67. The smallest absolute Gasteiger partial charge is 0.273 e. The average molecular weight is 445 g/mol. The molecule has 1 saturated carbocycles. The number of piperazine rings is 1. The van der Waals surface area contributed by atoms with Crippen molar-refractivity contribution < 1.29 is 4.79 Å². The van der Waals surface area contributed by atoms with Crippen LogP contribution in [0.25, 0.3) is 5.69 Å². The highest BCUT2D eigenvalue weighted by molar-refractivity contribution is 5.93. The van der Waals surface area contributed by atoms with E-state index in [2.05, 4.69) is 62.8 Å². The van der Waals surface area contributed by atoms with Gasteiger partial charge in [-0.2, -0.15) is 0 Å². The van der Waals surface area contributed by atoms with Crippen molar-refractivity contribution >= 4 is 5.91 Å². The van der Waals surface area contributed by atoms with Gasteiger partial charge in [-0.05, 0) is 44.0 Å². The molecule has 1 aliphatic heterocycles. The lowest BCUT2D eigenvalue weighted by molar-refractivity contribution is 0.0864. The molecule has 2 fully saturated rings. The molecule has 1 saturated heterocycles. The lowest BCUT2D eigenvalue weighted by atomic mass is 10.0. The monoisotopic (exact) mass is 444 g/mol. The van der Waals surface area contributed by atoms with Crippen LogP contribution in [0.1, 0.15) is 53.0 Å². The van der Waals surface area contributed by atoms with Crippen LogP contribution >= 0.6 is 0 Å². The summed E-state index contributed by atoms with van der Waals surface area (Å²) in [7, 11) is 2.19. The van der Waals surface area contributed by atoms with Crippen LogP contribution in [-0.4, -0.2) is 70.5 Å². The average Bonchev–Trinajstić information content (AvgIpc) is 3.60. The van der Waals surface area contributed by atoms with Crippen LogP contribution in [0.3, 0.4) is 0 Å². The number of hydrogen-bond acceptors (Lipinski definition) is 5. The number of rotatable bonds is 8. The molecule has 1 amide bonds. The zero-order valence-electron chi connectivity index (χ0n) is 19.2. The first-order valence-corrected chi connectivity index (χ1v) is 12.0. The fraction of sp³-hybridized carbons (Fsp3) is 0.423.